The SMILES string of the molecule is C[C@@]1(c2ccccc2)C=Cc2c(ccc3ccccc23)O1. The van der Waals surface area contributed by atoms with E-state index in [1.807, 2.05) is 18.2 Å². The Balaban J connectivity index is 1.86. The molecule has 1 atom stereocenters. The van der Waals surface area contributed by atoms with Crippen LogP contribution in [0.25, 0.3) is 16.8 Å². The van der Waals surface area contributed by atoms with E-state index in [-0.39, 0.29) is 0 Å². The zero-order valence-electron chi connectivity index (χ0n) is 11.9. The lowest BCUT2D eigenvalue weighted by Gasteiger charge is -2.32. The van der Waals surface area contributed by atoms with Gasteiger partial charge in [-0.15, -0.1) is 0 Å². The van der Waals surface area contributed by atoms with Crippen molar-refractivity contribution < 1.29 is 4.74 Å². The number of fused-ring (bicyclic) bond motifs is 3. The average Bonchev–Trinajstić information content (AvgIpc) is 2.55. The van der Waals surface area contributed by atoms with Crippen molar-refractivity contribution in [2.45, 2.75) is 12.5 Å². The highest BCUT2D eigenvalue weighted by Gasteiger charge is 2.29. The number of hydrogen-bond donors (Lipinski definition) is 0. The summed E-state index contributed by atoms with van der Waals surface area (Å²) in [6.07, 6.45) is 4.34. The summed E-state index contributed by atoms with van der Waals surface area (Å²) in [4.78, 5) is 0. The second-order valence-electron chi connectivity index (χ2n) is 5.61. The first-order chi connectivity index (χ1) is 10.3. The predicted octanol–water partition coefficient (Wildman–Crippen LogP) is 5.16. The Morgan fingerprint density at radius 3 is 2.43 bits per heavy atom. The molecule has 102 valence electrons. The van der Waals surface area contributed by atoms with Crippen molar-refractivity contribution in [2.75, 3.05) is 0 Å². The standard InChI is InChI=1S/C20H16O/c1-20(16-8-3-2-4-9-16)14-13-18-17-10-6-5-7-15(17)11-12-19(18)21-20/h2-14H,1H3/t20-/m0/s1. The van der Waals surface area contributed by atoms with Crippen LogP contribution < -0.4 is 4.74 Å². The molecule has 0 fully saturated rings. The van der Waals surface area contributed by atoms with Crippen molar-refractivity contribution in [1.29, 1.82) is 0 Å². The first-order valence-electron chi connectivity index (χ1n) is 7.22. The largest absolute Gasteiger partial charge is 0.478 e. The van der Waals surface area contributed by atoms with Gasteiger partial charge in [0.05, 0.1) is 0 Å². The summed E-state index contributed by atoms with van der Waals surface area (Å²) in [5.74, 6) is 0.947. The molecule has 1 heterocycles. The summed E-state index contributed by atoms with van der Waals surface area (Å²) < 4.78 is 6.33. The third-order valence-electron chi connectivity index (χ3n) is 4.17. The Labute approximate surface area is 124 Å². The van der Waals surface area contributed by atoms with Crippen molar-refractivity contribution in [3.05, 3.63) is 83.9 Å². The number of rotatable bonds is 1. The van der Waals surface area contributed by atoms with Gasteiger partial charge in [-0.1, -0.05) is 66.7 Å². The van der Waals surface area contributed by atoms with E-state index >= 15 is 0 Å². The normalized spacial score (nSPS) is 20.0. The molecule has 0 N–H and O–H groups in total. The molecule has 1 nitrogen and oxygen atoms in total. The minimum atomic E-state index is -0.406. The zero-order valence-corrected chi connectivity index (χ0v) is 11.9. The zero-order chi connectivity index (χ0) is 14.3. The molecule has 0 saturated carbocycles. The van der Waals surface area contributed by atoms with Crippen LogP contribution in [0.2, 0.25) is 0 Å². The highest BCUT2D eigenvalue weighted by molar-refractivity contribution is 5.93. The molecule has 0 aromatic heterocycles. The summed E-state index contributed by atoms with van der Waals surface area (Å²) >= 11 is 0. The number of ether oxygens (including phenoxy) is 1. The number of benzene rings is 3. The molecule has 4 rings (SSSR count). The molecule has 1 aliphatic rings. The third-order valence-corrected chi connectivity index (χ3v) is 4.17. The van der Waals surface area contributed by atoms with Gasteiger partial charge in [-0.2, -0.15) is 0 Å². The monoisotopic (exact) mass is 272 g/mol. The maximum atomic E-state index is 6.33. The van der Waals surface area contributed by atoms with Gasteiger partial charge < -0.3 is 4.74 Å². The highest BCUT2D eigenvalue weighted by Crippen LogP contribution is 2.39. The fourth-order valence-electron chi connectivity index (χ4n) is 2.97. The van der Waals surface area contributed by atoms with Gasteiger partial charge in [-0.25, -0.2) is 0 Å². The average molecular weight is 272 g/mol. The van der Waals surface area contributed by atoms with Gasteiger partial charge in [0.15, 0.2) is 0 Å². The quantitative estimate of drug-likeness (QED) is 0.594. The molecule has 0 unspecified atom stereocenters. The molecule has 0 aliphatic carbocycles. The van der Waals surface area contributed by atoms with Gasteiger partial charge in [-0.05, 0) is 35.4 Å². The van der Waals surface area contributed by atoms with Crippen LogP contribution >= 0.6 is 0 Å². The molecule has 1 aliphatic heterocycles. The smallest absolute Gasteiger partial charge is 0.150 e. The van der Waals surface area contributed by atoms with E-state index in [0.717, 1.165) is 5.75 Å². The van der Waals surface area contributed by atoms with Crippen molar-refractivity contribution in [3.63, 3.8) is 0 Å². The lowest BCUT2D eigenvalue weighted by Crippen LogP contribution is -2.29. The van der Waals surface area contributed by atoms with E-state index in [1.165, 1.54) is 21.9 Å². The molecular formula is C20H16O. The fourth-order valence-corrected chi connectivity index (χ4v) is 2.97. The molecule has 3 aromatic rings. The molecule has 21 heavy (non-hydrogen) atoms. The van der Waals surface area contributed by atoms with Gasteiger partial charge in [0, 0.05) is 5.56 Å². The van der Waals surface area contributed by atoms with E-state index in [2.05, 4.69) is 67.6 Å². The van der Waals surface area contributed by atoms with Crippen LogP contribution in [0.5, 0.6) is 5.75 Å². The maximum Gasteiger partial charge on any atom is 0.150 e. The Kier molecular flexibility index (Phi) is 2.61. The van der Waals surface area contributed by atoms with Crippen LogP contribution in [-0.4, -0.2) is 0 Å². The molecule has 0 spiro atoms. The molecule has 0 saturated heterocycles. The Morgan fingerprint density at radius 2 is 1.57 bits per heavy atom. The van der Waals surface area contributed by atoms with E-state index in [9.17, 15) is 0 Å². The summed E-state index contributed by atoms with van der Waals surface area (Å²) in [6.45, 7) is 2.11. The van der Waals surface area contributed by atoms with Crippen LogP contribution in [0.15, 0.2) is 72.8 Å². The minimum Gasteiger partial charge on any atom is -0.478 e. The lowest BCUT2D eigenvalue weighted by molar-refractivity contribution is 0.138. The van der Waals surface area contributed by atoms with E-state index < -0.39 is 5.60 Å². The third kappa shape index (κ3) is 1.93. The predicted molar refractivity (Wildman–Crippen MR) is 87.4 cm³/mol. The van der Waals surface area contributed by atoms with Crippen LogP contribution in [0.3, 0.4) is 0 Å². The van der Waals surface area contributed by atoms with Crippen molar-refractivity contribution >= 4 is 16.8 Å². The Bertz CT molecular complexity index is 833. The Hall–Kier alpha value is -2.54. The van der Waals surface area contributed by atoms with Gasteiger partial charge in [0.2, 0.25) is 0 Å². The molecule has 3 aromatic carbocycles. The van der Waals surface area contributed by atoms with Crippen LogP contribution in [-0.2, 0) is 5.60 Å². The topological polar surface area (TPSA) is 9.23 Å². The lowest BCUT2D eigenvalue weighted by atomic mass is 9.91. The van der Waals surface area contributed by atoms with Crippen LogP contribution in [0, 0.1) is 0 Å². The van der Waals surface area contributed by atoms with Crippen molar-refractivity contribution in [2.24, 2.45) is 0 Å². The highest BCUT2D eigenvalue weighted by atomic mass is 16.5. The molecule has 0 bridgehead atoms. The summed E-state index contributed by atoms with van der Waals surface area (Å²) in [5.41, 5.74) is 1.93. The Morgan fingerprint density at radius 1 is 0.810 bits per heavy atom. The second kappa shape index (κ2) is 4.49. The van der Waals surface area contributed by atoms with Gasteiger partial charge >= 0.3 is 0 Å². The summed E-state index contributed by atoms with van der Waals surface area (Å²) in [7, 11) is 0. The summed E-state index contributed by atoms with van der Waals surface area (Å²) in [6, 6.07) is 23.0. The molecule has 0 amide bonds. The maximum absolute atomic E-state index is 6.33. The first-order valence-corrected chi connectivity index (χ1v) is 7.22. The van der Waals surface area contributed by atoms with E-state index in [1.54, 1.807) is 0 Å². The first kappa shape index (κ1) is 12.2. The molecule has 1 heteroatoms. The fraction of sp³-hybridized carbons (Fsp3) is 0.100. The minimum absolute atomic E-state index is 0.406. The second-order valence-corrected chi connectivity index (χ2v) is 5.61. The van der Waals surface area contributed by atoms with E-state index in [0.29, 0.717) is 0 Å². The van der Waals surface area contributed by atoms with Gasteiger partial charge in [0.1, 0.15) is 11.4 Å². The molecule has 0 radical (unpaired) electrons. The van der Waals surface area contributed by atoms with Crippen molar-refractivity contribution in [1.82, 2.24) is 0 Å². The van der Waals surface area contributed by atoms with E-state index in [4.69, 9.17) is 4.74 Å². The van der Waals surface area contributed by atoms with Crippen LogP contribution in [0.1, 0.15) is 18.1 Å². The summed E-state index contributed by atoms with van der Waals surface area (Å²) in [5, 5.41) is 2.48. The van der Waals surface area contributed by atoms with Gasteiger partial charge in [0.25, 0.3) is 0 Å². The molecular weight excluding hydrogens is 256 g/mol. The van der Waals surface area contributed by atoms with Crippen LogP contribution in [0.4, 0.5) is 0 Å². The number of hydrogen-bond acceptors (Lipinski definition) is 1. The van der Waals surface area contributed by atoms with Crippen molar-refractivity contribution in [3.8, 4) is 5.75 Å². The van der Waals surface area contributed by atoms with Gasteiger partial charge in [-0.3, -0.25) is 0 Å².